The van der Waals surface area contributed by atoms with Crippen LogP contribution in [0.3, 0.4) is 0 Å². The number of carbonyl (C=O) groups excluding carboxylic acids is 3. The summed E-state index contributed by atoms with van der Waals surface area (Å²) in [5, 5.41) is 0. The van der Waals surface area contributed by atoms with Crippen molar-refractivity contribution < 1.29 is 28.6 Å². The number of carbonyl (C=O) groups is 3. The van der Waals surface area contributed by atoms with Crippen molar-refractivity contribution in [2.75, 3.05) is 13.2 Å². The summed E-state index contributed by atoms with van der Waals surface area (Å²) in [6.45, 7) is 6.28. The maximum Gasteiger partial charge on any atom is 0.306 e. The van der Waals surface area contributed by atoms with Crippen molar-refractivity contribution in [2.24, 2.45) is 0 Å². The molecule has 0 fully saturated rings. The highest BCUT2D eigenvalue weighted by molar-refractivity contribution is 5.71. The maximum absolute atomic E-state index is 12.8. The zero-order valence-corrected chi connectivity index (χ0v) is 42.9. The minimum Gasteiger partial charge on any atom is -0.462 e. The molecule has 0 amide bonds. The average molecular weight is 925 g/mol. The lowest BCUT2D eigenvalue weighted by Crippen LogP contribution is -2.30. The molecule has 0 aliphatic carbocycles. The highest BCUT2D eigenvalue weighted by Gasteiger charge is 2.19. The number of ether oxygens (including phenoxy) is 3. The fourth-order valence-electron chi connectivity index (χ4n) is 6.74. The second kappa shape index (κ2) is 54.2. The monoisotopic (exact) mass is 925 g/mol. The molecule has 67 heavy (non-hydrogen) atoms. The van der Waals surface area contributed by atoms with E-state index >= 15 is 0 Å². The van der Waals surface area contributed by atoms with Gasteiger partial charge in [-0.05, 0) is 96.3 Å². The predicted octanol–water partition coefficient (Wildman–Crippen LogP) is 17.9. The number of unbranched alkanes of at least 4 members (excludes halogenated alkanes) is 13. The van der Waals surface area contributed by atoms with Crippen LogP contribution in [0.25, 0.3) is 0 Å². The lowest BCUT2D eigenvalue weighted by atomic mass is 10.0. The largest absolute Gasteiger partial charge is 0.462 e. The van der Waals surface area contributed by atoms with Crippen LogP contribution in [0.2, 0.25) is 0 Å². The molecule has 0 unspecified atom stereocenters. The third-order valence-electron chi connectivity index (χ3n) is 10.7. The Hall–Kier alpha value is -4.45. The summed E-state index contributed by atoms with van der Waals surface area (Å²) < 4.78 is 16.7. The molecule has 0 aromatic heterocycles. The van der Waals surface area contributed by atoms with Crippen molar-refractivity contribution in [3.63, 3.8) is 0 Å². The third-order valence-corrected chi connectivity index (χ3v) is 10.7. The minimum atomic E-state index is -0.841. The Morgan fingerprint density at radius 2 is 0.612 bits per heavy atom. The number of esters is 3. The Kier molecular flexibility index (Phi) is 50.6. The van der Waals surface area contributed by atoms with Gasteiger partial charge in [-0.25, -0.2) is 0 Å². The van der Waals surface area contributed by atoms with E-state index in [4.69, 9.17) is 14.2 Å². The molecule has 0 aromatic rings. The first-order valence-electron chi connectivity index (χ1n) is 26.7. The maximum atomic E-state index is 12.8. The van der Waals surface area contributed by atoms with Crippen LogP contribution in [-0.4, -0.2) is 37.2 Å². The smallest absolute Gasteiger partial charge is 0.306 e. The molecule has 0 N–H and O–H groups in total. The van der Waals surface area contributed by atoms with Crippen LogP contribution in [-0.2, 0) is 28.6 Å². The summed E-state index contributed by atoms with van der Waals surface area (Å²) in [6, 6.07) is 0. The normalized spacial score (nSPS) is 13.2. The van der Waals surface area contributed by atoms with Gasteiger partial charge in [0.1, 0.15) is 13.2 Å². The first-order valence-corrected chi connectivity index (χ1v) is 26.7. The van der Waals surface area contributed by atoms with Crippen molar-refractivity contribution in [1.29, 1.82) is 0 Å². The summed E-state index contributed by atoms with van der Waals surface area (Å²) >= 11 is 0. The molecule has 376 valence electrons. The summed E-state index contributed by atoms with van der Waals surface area (Å²) in [5.41, 5.74) is 0. The van der Waals surface area contributed by atoms with E-state index in [1.54, 1.807) is 0 Å². The summed E-state index contributed by atoms with van der Waals surface area (Å²) in [5.74, 6) is -1.08. The van der Waals surface area contributed by atoms with Crippen LogP contribution in [0.1, 0.15) is 213 Å². The highest BCUT2D eigenvalue weighted by atomic mass is 16.6. The van der Waals surface area contributed by atoms with Gasteiger partial charge in [-0.1, -0.05) is 231 Å². The second-order valence-electron chi connectivity index (χ2n) is 17.0. The molecule has 0 aliphatic heterocycles. The van der Waals surface area contributed by atoms with Crippen molar-refractivity contribution in [3.8, 4) is 0 Å². The Bertz CT molecular complexity index is 1480. The van der Waals surface area contributed by atoms with Gasteiger partial charge in [0.15, 0.2) is 6.10 Å². The van der Waals surface area contributed by atoms with E-state index in [1.807, 2.05) is 12.2 Å². The van der Waals surface area contributed by atoms with E-state index in [-0.39, 0.29) is 44.0 Å². The Labute approximate surface area is 411 Å². The van der Waals surface area contributed by atoms with Crippen LogP contribution in [0.15, 0.2) is 134 Å². The first kappa shape index (κ1) is 62.5. The second-order valence-corrected chi connectivity index (χ2v) is 17.0. The minimum absolute atomic E-state index is 0.127. The number of rotatable bonds is 46. The van der Waals surface area contributed by atoms with Crippen molar-refractivity contribution >= 4 is 17.9 Å². The van der Waals surface area contributed by atoms with Gasteiger partial charge in [0.2, 0.25) is 0 Å². The van der Waals surface area contributed by atoms with E-state index in [9.17, 15) is 14.4 Å². The van der Waals surface area contributed by atoms with Crippen LogP contribution < -0.4 is 0 Å². The van der Waals surface area contributed by atoms with Crippen molar-refractivity contribution in [3.05, 3.63) is 134 Å². The van der Waals surface area contributed by atoms with Gasteiger partial charge in [-0.3, -0.25) is 14.4 Å². The first-order chi connectivity index (χ1) is 33.0. The number of allylic oxidation sites excluding steroid dienone is 22. The van der Waals surface area contributed by atoms with Gasteiger partial charge < -0.3 is 14.2 Å². The fraction of sp³-hybridized carbons (Fsp3) is 0.590. The predicted molar refractivity (Wildman–Crippen MR) is 288 cm³/mol. The van der Waals surface area contributed by atoms with Crippen LogP contribution >= 0.6 is 0 Å². The Balaban J connectivity index is 4.61. The van der Waals surface area contributed by atoms with E-state index in [0.717, 1.165) is 96.3 Å². The van der Waals surface area contributed by atoms with Gasteiger partial charge in [-0.2, -0.15) is 0 Å². The van der Waals surface area contributed by atoms with E-state index in [2.05, 4.69) is 142 Å². The van der Waals surface area contributed by atoms with Crippen molar-refractivity contribution in [1.82, 2.24) is 0 Å². The molecule has 0 heterocycles. The molecule has 6 nitrogen and oxygen atoms in total. The number of hydrogen-bond donors (Lipinski definition) is 0. The van der Waals surface area contributed by atoms with Gasteiger partial charge in [-0.15, -0.1) is 0 Å². The molecule has 0 bridgehead atoms. The molecule has 0 aromatic carbocycles. The quantitative estimate of drug-likeness (QED) is 0.0262. The number of hydrogen-bond acceptors (Lipinski definition) is 6. The molecule has 0 saturated heterocycles. The molecular weight excluding hydrogens is 829 g/mol. The molecule has 6 heteroatoms. The molecular formula is C61H96O6. The summed E-state index contributed by atoms with van der Waals surface area (Å²) in [6.07, 6.45) is 76.0. The van der Waals surface area contributed by atoms with Crippen LogP contribution in [0.4, 0.5) is 0 Å². The Morgan fingerprint density at radius 1 is 0.313 bits per heavy atom. The molecule has 0 saturated carbocycles. The molecule has 0 rings (SSSR count). The van der Waals surface area contributed by atoms with Gasteiger partial charge in [0, 0.05) is 19.3 Å². The average Bonchev–Trinajstić information content (AvgIpc) is 3.33. The summed E-state index contributed by atoms with van der Waals surface area (Å²) in [7, 11) is 0. The fourth-order valence-corrected chi connectivity index (χ4v) is 6.74. The Morgan fingerprint density at radius 3 is 0.985 bits per heavy atom. The zero-order valence-electron chi connectivity index (χ0n) is 42.9. The van der Waals surface area contributed by atoms with E-state index < -0.39 is 6.10 Å². The van der Waals surface area contributed by atoms with Crippen molar-refractivity contribution in [2.45, 2.75) is 219 Å². The summed E-state index contributed by atoms with van der Waals surface area (Å²) in [4.78, 5) is 38.0. The zero-order chi connectivity index (χ0) is 48.6. The molecule has 1 atom stereocenters. The van der Waals surface area contributed by atoms with Gasteiger partial charge in [0.05, 0.1) is 0 Å². The standard InChI is InChI=1S/C61H96O6/c1-4-7-10-13-16-19-22-25-27-29-30-32-33-36-39-42-45-48-51-54-60(63)66-57-58(56-65-59(62)53-50-47-44-41-38-35-24-21-18-15-12-9-6-3)67-61(64)55-52-49-46-43-40-37-34-31-28-26-23-20-17-14-11-8-5-2/h7-8,10-11,16-17,19-20,25-28,30,32,34,36-37,39,43,45-46,48,58H,4-6,9,12-15,18,21-24,29,31,33,35,38,40-42,44,47,49-57H2,1-3H3/b10-7+,11-8+,19-16+,20-17+,27-25+,28-26+,32-30+,37-34+,39-36+,46-43+,48-45+/t58-/m1/s1. The van der Waals surface area contributed by atoms with E-state index in [1.165, 1.54) is 64.2 Å². The molecule has 0 spiro atoms. The van der Waals surface area contributed by atoms with Gasteiger partial charge >= 0.3 is 17.9 Å². The lowest BCUT2D eigenvalue weighted by molar-refractivity contribution is -0.166. The lowest BCUT2D eigenvalue weighted by Gasteiger charge is -2.18. The SMILES string of the molecule is CC/C=C/C/C=C/C/C=C/C/C=C/C/C=C/C/C=C/CCC(=O)OC[C@@H](COC(=O)CCCCCCCCCCCCCCC)OC(=O)CCC/C=C/C/C=C/C/C=C/C/C=C/C/C=C/CC. The third kappa shape index (κ3) is 52.4. The van der Waals surface area contributed by atoms with E-state index in [0.29, 0.717) is 19.3 Å². The van der Waals surface area contributed by atoms with Crippen LogP contribution in [0, 0.1) is 0 Å². The highest BCUT2D eigenvalue weighted by Crippen LogP contribution is 2.14. The molecule has 0 aliphatic rings. The van der Waals surface area contributed by atoms with Crippen LogP contribution in [0.5, 0.6) is 0 Å². The topological polar surface area (TPSA) is 78.9 Å². The van der Waals surface area contributed by atoms with Gasteiger partial charge in [0.25, 0.3) is 0 Å². The molecule has 0 radical (unpaired) electrons.